The van der Waals surface area contributed by atoms with Crippen LogP contribution < -0.4 is 4.74 Å². The third kappa shape index (κ3) is 8.00. The Hall–Kier alpha value is -1.26. The highest BCUT2D eigenvalue weighted by molar-refractivity contribution is 8.32. The highest BCUT2D eigenvalue weighted by atomic mass is 32.3. The molecule has 0 unspecified atom stereocenters. The van der Waals surface area contributed by atoms with Crippen molar-refractivity contribution in [3.8, 4) is 5.75 Å². The van der Waals surface area contributed by atoms with Gasteiger partial charge in [-0.3, -0.25) is 4.79 Å². The van der Waals surface area contributed by atoms with Gasteiger partial charge in [0.15, 0.2) is 0 Å². The highest BCUT2D eigenvalue weighted by Crippen LogP contribution is 2.53. The first-order valence-corrected chi connectivity index (χ1v) is 12.7. The molecule has 0 saturated heterocycles. The average molecular weight is 445 g/mol. The van der Waals surface area contributed by atoms with E-state index in [0.29, 0.717) is 0 Å². The van der Waals surface area contributed by atoms with Gasteiger partial charge in [-0.05, 0) is 43.2 Å². The van der Waals surface area contributed by atoms with E-state index in [2.05, 4.69) is 10.6 Å². The summed E-state index contributed by atoms with van der Waals surface area (Å²) >= 11 is 0. The van der Waals surface area contributed by atoms with Gasteiger partial charge in [0.05, 0.1) is 0 Å². The Morgan fingerprint density at radius 1 is 0.964 bits per heavy atom. The summed E-state index contributed by atoms with van der Waals surface area (Å²) in [5.74, 6) is -0.139. The Bertz CT molecular complexity index is 729. The molecule has 1 rings (SSSR count). The van der Waals surface area contributed by atoms with Crippen molar-refractivity contribution in [3.63, 3.8) is 0 Å². The van der Waals surface area contributed by atoms with Gasteiger partial charge in [-0.15, -0.1) is 0 Å². The Morgan fingerprint density at radius 2 is 1.50 bits per heavy atom. The number of halogens is 3. The SMILES string of the molecule is CCCCCCCCC(=O)Oc1ccc(S(C)(C)OS(=O)(=O)C(F)(F)F)cc1. The number of esters is 1. The van der Waals surface area contributed by atoms with Gasteiger partial charge in [-0.25, -0.2) is 3.63 Å². The lowest BCUT2D eigenvalue weighted by Crippen LogP contribution is -2.26. The molecule has 10 heteroatoms. The molecule has 0 aliphatic carbocycles. The smallest absolute Gasteiger partial charge is 0.427 e. The second-order valence-corrected chi connectivity index (χ2v) is 11.5. The predicted octanol–water partition coefficient (Wildman–Crippen LogP) is 5.55. The molecular formula is C18H27F3O5S2. The van der Waals surface area contributed by atoms with Crippen molar-refractivity contribution in [2.75, 3.05) is 12.5 Å². The first-order valence-electron chi connectivity index (χ1n) is 8.95. The van der Waals surface area contributed by atoms with Crippen LogP contribution in [0.3, 0.4) is 0 Å². The normalized spacial score (nSPS) is 13.4. The molecule has 28 heavy (non-hydrogen) atoms. The van der Waals surface area contributed by atoms with Gasteiger partial charge < -0.3 is 4.74 Å². The van der Waals surface area contributed by atoms with Gasteiger partial charge in [0.25, 0.3) is 0 Å². The van der Waals surface area contributed by atoms with E-state index in [4.69, 9.17) is 4.74 Å². The molecule has 0 saturated carbocycles. The van der Waals surface area contributed by atoms with Gasteiger partial charge >= 0.3 is 21.6 Å². The number of unbranched alkanes of at least 4 members (excludes halogenated alkanes) is 5. The van der Waals surface area contributed by atoms with E-state index in [-0.39, 0.29) is 23.0 Å². The molecule has 0 heterocycles. The molecule has 1 aromatic carbocycles. The Balaban J connectivity index is 2.59. The number of hydrogen-bond acceptors (Lipinski definition) is 5. The minimum absolute atomic E-state index is 0.244. The number of ether oxygens (including phenoxy) is 1. The number of carbonyl (C=O) groups is 1. The molecule has 0 radical (unpaired) electrons. The first-order chi connectivity index (χ1) is 12.9. The summed E-state index contributed by atoms with van der Waals surface area (Å²) in [6, 6.07) is 5.61. The van der Waals surface area contributed by atoms with E-state index in [0.717, 1.165) is 32.1 Å². The molecule has 0 fully saturated rings. The van der Waals surface area contributed by atoms with Crippen LogP contribution in [0.15, 0.2) is 29.2 Å². The molecule has 0 aliphatic heterocycles. The maximum atomic E-state index is 12.5. The van der Waals surface area contributed by atoms with E-state index < -0.39 is 25.9 Å². The van der Waals surface area contributed by atoms with Gasteiger partial charge in [0, 0.05) is 11.3 Å². The second-order valence-electron chi connectivity index (χ2n) is 6.66. The molecule has 1 aromatic rings. The zero-order valence-corrected chi connectivity index (χ0v) is 17.9. The van der Waals surface area contributed by atoms with Crippen LogP contribution in [0.5, 0.6) is 5.75 Å². The Kier molecular flexibility index (Phi) is 9.29. The molecule has 0 atom stereocenters. The quantitative estimate of drug-likeness (QED) is 0.194. The van der Waals surface area contributed by atoms with E-state index in [1.165, 1.54) is 43.2 Å². The molecule has 0 spiro atoms. The topological polar surface area (TPSA) is 69.7 Å². The van der Waals surface area contributed by atoms with Crippen molar-refractivity contribution in [3.05, 3.63) is 24.3 Å². The lowest BCUT2D eigenvalue weighted by atomic mass is 10.1. The largest absolute Gasteiger partial charge is 0.523 e. The molecule has 0 amide bonds. The summed E-state index contributed by atoms with van der Waals surface area (Å²) in [4.78, 5) is 12.1. The minimum Gasteiger partial charge on any atom is -0.427 e. The molecule has 5 nitrogen and oxygen atoms in total. The number of alkyl halides is 3. The molecular weight excluding hydrogens is 417 g/mol. The van der Waals surface area contributed by atoms with Gasteiger partial charge in [0.2, 0.25) is 0 Å². The summed E-state index contributed by atoms with van der Waals surface area (Å²) < 4.78 is 69.6. The van der Waals surface area contributed by atoms with Crippen LogP contribution in [-0.4, -0.2) is 32.4 Å². The third-order valence-corrected chi connectivity index (χ3v) is 7.95. The van der Waals surface area contributed by atoms with Gasteiger partial charge in [-0.1, -0.05) is 49.3 Å². The summed E-state index contributed by atoms with van der Waals surface area (Å²) in [5, 5.41) is 0. The summed E-state index contributed by atoms with van der Waals surface area (Å²) in [5.41, 5.74) is -5.48. The van der Waals surface area contributed by atoms with Crippen molar-refractivity contribution >= 4 is 26.4 Å². The third-order valence-electron chi connectivity index (χ3n) is 3.90. The molecule has 0 aromatic heterocycles. The fraction of sp³-hybridized carbons (Fsp3) is 0.611. The first kappa shape index (κ1) is 24.8. The number of hydrogen-bond donors (Lipinski definition) is 0. The summed E-state index contributed by atoms with van der Waals surface area (Å²) in [6.45, 7) is 2.13. The number of rotatable bonds is 11. The average Bonchev–Trinajstić information content (AvgIpc) is 2.56. The van der Waals surface area contributed by atoms with Crippen molar-refractivity contribution in [1.82, 2.24) is 0 Å². The fourth-order valence-corrected chi connectivity index (χ4v) is 5.58. The predicted molar refractivity (Wildman–Crippen MR) is 104 cm³/mol. The Morgan fingerprint density at radius 3 is 2.04 bits per heavy atom. The lowest BCUT2D eigenvalue weighted by Gasteiger charge is -2.30. The van der Waals surface area contributed by atoms with E-state index in [1.54, 1.807) is 0 Å². The van der Waals surface area contributed by atoms with Crippen LogP contribution in [0.4, 0.5) is 13.2 Å². The van der Waals surface area contributed by atoms with Crippen LogP contribution in [0.1, 0.15) is 51.9 Å². The zero-order chi connectivity index (χ0) is 21.4. The van der Waals surface area contributed by atoms with E-state index in [9.17, 15) is 26.4 Å². The van der Waals surface area contributed by atoms with Crippen LogP contribution in [0, 0.1) is 0 Å². The molecule has 0 N–H and O–H groups in total. The van der Waals surface area contributed by atoms with Gasteiger partial charge in [-0.2, -0.15) is 21.6 Å². The summed E-state index contributed by atoms with van der Waals surface area (Å²) in [7, 11) is -8.42. The van der Waals surface area contributed by atoms with Crippen molar-refractivity contribution in [2.45, 2.75) is 62.3 Å². The van der Waals surface area contributed by atoms with Crippen molar-refractivity contribution in [1.29, 1.82) is 0 Å². The monoisotopic (exact) mass is 444 g/mol. The summed E-state index contributed by atoms with van der Waals surface area (Å²) in [6.07, 6.45) is 9.12. The van der Waals surface area contributed by atoms with Crippen LogP contribution >= 0.6 is 10.3 Å². The fourth-order valence-electron chi connectivity index (χ4n) is 2.37. The van der Waals surface area contributed by atoms with Crippen LogP contribution in [0.2, 0.25) is 0 Å². The minimum atomic E-state index is -5.70. The second kappa shape index (κ2) is 10.5. The van der Waals surface area contributed by atoms with Crippen LogP contribution in [0.25, 0.3) is 0 Å². The Labute approximate surface area is 166 Å². The standard InChI is InChI=1S/C18H27F3O5S2/c1-4-5-6-7-8-9-10-17(22)25-15-11-13-16(14-12-15)27(2,3)26-28(23,24)18(19,20)21/h11-14H,4-10H2,1-3H3. The number of carbonyl (C=O) groups excluding carboxylic acids is 1. The highest BCUT2D eigenvalue weighted by Gasteiger charge is 2.49. The number of benzene rings is 1. The van der Waals surface area contributed by atoms with Crippen LogP contribution in [-0.2, 0) is 18.5 Å². The van der Waals surface area contributed by atoms with E-state index >= 15 is 0 Å². The maximum Gasteiger partial charge on any atom is 0.523 e. The molecule has 0 aliphatic rings. The zero-order valence-electron chi connectivity index (χ0n) is 16.3. The maximum absolute atomic E-state index is 12.5. The molecule has 0 bridgehead atoms. The van der Waals surface area contributed by atoms with Crippen molar-refractivity contribution in [2.24, 2.45) is 0 Å². The lowest BCUT2D eigenvalue weighted by molar-refractivity contribution is -0.134. The van der Waals surface area contributed by atoms with E-state index in [1.807, 2.05) is 0 Å². The van der Waals surface area contributed by atoms with Gasteiger partial charge in [0.1, 0.15) is 5.75 Å². The van der Waals surface area contributed by atoms with Crippen molar-refractivity contribution < 1.29 is 34.7 Å². The molecule has 162 valence electrons.